The fourth-order valence-electron chi connectivity index (χ4n) is 1.63. The van der Waals surface area contributed by atoms with Crippen LogP contribution < -0.4 is 5.32 Å². The number of carbonyl (C=O) groups is 1. The van der Waals surface area contributed by atoms with Crippen molar-refractivity contribution >= 4 is 23.7 Å². The Morgan fingerprint density at radius 3 is 2.05 bits per heavy atom. The lowest BCUT2D eigenvalue weighted by molar-refractivity contribution is -0.111. The standard InChI is InChI=1S/C17H15NO/c1-2-17(19)18-16-12-10-15(11-13-16)9-8-14-6-4-3-5-7-14/h2-13H,1H2,(H,18,19)/b9-8+. The number of rotatable bonds is 4. The van der Waals surface area contributed by atoms with Gasteiger partial charge in [0, 0.05) is 5.69 Å². The van der Waals surface area contributed by atoms with Crippen LogP contribution in [-0.4, -0.2) is 5.91 Å². The van der Waals surface area contributed by atoms with Crippen molar-refractivity contribution in [2.24, 2.45) is 0 Å². The summed E-state index contributed by atoms with van der Waals surface area (Å²) in [5.41, 5.74) is 3.01. The molecule has 0 aliphatic carbocycles. The van der Waals surface area contributed by atoms with E-state index in [1.807, 2.05) is 48.5 Å². The van der Waals surface area contributed by atoms with Gasteiger partial charge in [-0.1, -0.05) is 61.2 Å². The zero-order valence-corrected chi connectivity index (χ0v) is 10.5. The summed E-state index contributed by atoms with van der Waals surface area (Å²) in [5.74, 6) is -0.201. The van der Waals surface area contributed by atoms with E-state index < -0.39 is 0 Å². The molecule has 0 radical (unpaired) electrons. The minimum absolute atomic E-state index is 0.201. The molecule has 0 atom stereocenters. The monoisotopic (exact) mass is 249 g/mol. The van der Waals surface area contributed by atoms with Gasteiger partial charge in [-0.15, -0.1) is 0 Å². The summed E-state index contributed by atoms with van der Waals surface area (Å²) < 4.78 is 0. The Labute approximate surface area is 113 Å². The summed E-state index contributed by atoms with van der Waals surface area (Å²) >= 11 is 0. The topological polar surface area (TPSA) is 29.1 Å². The van der Waals surface area contributed by atoms with E-state index in [2.05, 4.69) is 30.1 Å². The highest BCUT2D eigenvalue weighted by molar-refractivity contribution is 5.98. The Kier molecular flexibility index (Phi) is 4.29. The lowest BCUT2D eigenvalue weighted by Gasteiger charge is -2.02. The highest BCUT2D eigenvalue weighted by Crippen LogP contribution is 2.12. The third kappa shape index (κ3) is 3.96. The van der Waals surface area contributed by atoms with Gasteiger partial charge in [-0.05, 0) is 29.3 Å². The number of carbonyl (C=O) groups excluding carboxylic acids is 1. The first kappa shape index (κ1) is 12.8. The van der Waals surface area contributed by atoms with E-state index in [9.17, 15) is 4.79 Å². The summed E-state index contributed by atoms with van der Waals surface area (Å²) in [6, 6.07) is 17.8. The Bertz CT molecular complexity index is 582. The van der Waals surface area contributed by atoms with Gasteiger partial charge in [-0.2, -0.15) is 0 Å². The molecular formula is C17H15NO. The molecule has 1 N–H and O–H groups in total. The van der Waals surface area contributed by atoms with E-state index in [0.29, 0.717) is 0 Å². The van der Waals surface area contributed by atoms with E-state index >= 15 is 0 Å². The van der Waals surface area contributed by atoms with Gasteiger partial charge in [0.15, 0.2) is 0 Å². The maximum absolute atomic E-state index is 11.1. The number of hydrogen-bond donors (Lipinski definition) is 1. The molecule has 2 heteroatoms. The summed E-state index contributed by atoms with van der Waals surface area (Å²) in [4.78, 5) is 11.1. The van der Waals surface area contributed by atoms with Crippen LogP contribution in [0.1, 0.15) is 11.1 Å². The zero-order chi connectivity index (χ0) is 13.5. The first-order valence-corrected chi connectivity index (χ1v) is 6.04. The Morgan fingerprint density at radius 1 is 0.895 bits per heavy atom. The van der Waals surface area contributed by atoms with Crippen LogP contribution in [-0.2, 0) is 4.79 Å². The number of benzene rings is 2. The average Bonchev–Trinajstić information content (AvgIpc) is 2.47. The number of hydrogen-bond acceptors (Lipinski definition) is 1. The smallest absolute Gasteiger partial charge is 0.247 e. The fraction of sp³-hybridized carbons (Fsp3) is 0. The molecule has 94 valence electrons. The van der Waals surface area contributed by atoms with E-state index in [1.165, 1.54) is 6.08 Å². The van der Waals surface area contributed by atoms with Crippen molar-refractivity contribution in [2.75, 3.05) is 5.32 Å². The van der Waals surface area contributed by atoms with Gasteiger partial charge in [0.2, 0.25) is 5.91 Å². The summed E-state index contributed by atoms with van der Waals surface area (Å²) in [6.45, 7) is 3.41. The van der Waals surface area contributed by atoms with Crippen molar-refractivity contribution in [3.05, 3.63) is 78.4 Å². The van der Waals surface area contributed by atoms with Crippen LogP contribution in [0.25, 0.3) is 12.2 Å². The lowest BCUT2D eigenvalue weighted by atomic mass is 10.1. The molecule has 2 rings (SSSR count). The van der Waals surface area contributed by atoms with Crippen molar-refractivity contribution in [1.29, 1.82) is 0 Å². The van der Waals surface area contributed by atoms with Gasteiger partial charge < -0.3 is 5.32 Å². The molecule has 19 heavy (non-hydrogen) atoms. The molecule has 0 unspecified atom stereocenters. The van der Waals surface area contributed by atoms with Crippen LogP contribution in [0.2, 0.25) is 0 Å². The van der Waals surface area contributed by atoms with Crippen LogP contribution in [0.5, 0.6) is 0 Å². The molecule has 2 aromatic carbocycles. The third-order valence-electron chi connectivity index (χ3n) is 2.63. The molecule has 2 nitrogen and oxygen atoms in total. The van der Waals surface area contributed by atoms with Gasteiger partial charge >= 0.3 is 0 Å². The van der Waals surface area contributed by atoms with Crippen molar-refractivity contribution in [3.63, 3.8) is 0 Å². The quantitative estimate of drug-likeness (QED) is 0.644. The molecule has 0 aliphatic rings. The summed E-state index contributed by atoms with van der Waals surface area (Å²) in [7, 11) is 0. The lowest BCUT2D eigenvalue weighted by Crippen LogP contribution is -2.06. The van der Waals surface area contributed by atoms with Gasteiger partial charge in [0.25, 0.3) is 0 Å². The molecule has 0 bridgehead atoms. The predicted octanol–water partition coefficient (Wildman–Crippen LogP) is 3.98. The van der Waals surface area contributed by atoms with Crippen LogP contribution in [0.15, 0.2) is 67.3 Å². The van der Waals surface area contributed by atoms with E-state index in [0.717, 1.165) is 16.8 Å². The van der Waals surface area contributed by atoms with Gasteiger partial charge in [0.05, 0.1) is 0 Å². The molecule has 0 aromatic heterocycles. The normalized spacial score (nSPS) is 10.3. The molecule has 0 heterocycles. The molecule has 0 spiro atoms. The second-order valence-electron chi connectivity index (χ2n) is 4.06. The number of anilines is 1. The van der Waals surface area contributed by atoms with Gasteiger partial charge in [0.1, 0.15) is 0 Å². The number of nitrogens with one attached hydrogen (secondary N) is 1. The van der Waals surface area contributed by atoms with Crippen molar-refractivity contribution < 1.29 is 4.79 Å². The molecule has 0 fully saturated rings. The van der Waals surface area contributed by atoms with Crippen LogP contribution in [0.3, 0.4) is 0 Å². The van der Waals surface area contributed by atoms with Crippen LogP contribution in [0.4, 0.5) is 5.69 Å². The highest BCUT2D eigenvalue weighted by atomic mass is 16.1. The predicted molar refractivity (Wildman–Crippen MR) is 80.6 cm³/mol. The molecule has 0 saturated heterocycles. The SMILES string of the molecule is C=CC(=O)Nc1ccc(/C=C/c2ccccc2)cc1. The molecule has 1 amide bonds. The highest BCUT2D eigenvalue weighted by Gasteiger charge is 1.95. The summed E-state index contributed by atoms with van der Waals surface area (Å²) in [6.07, 6.45) is 5.34. The molecule has 0 saturated carbocycles. The maximum atomic E-state index is 11.1. The second kappa shape index (κ2) is 6.36. The van der Waals surface area contributed by atoms with Crippen molar-refractivity contribution in [3.8, 4) is 0 Å². The van der Waals surface area contributed by atoms with Gasteiger partial charge in [-0.3, -0.25) is 4.79 Å². The fourth-order valence-corrected chi connectivity index (χ4v) is 1.63. The minimum atomic E-state index is -0.201. The average molecular weight is 249 g/mol. The van der Waals surface area contributed by atoms with Gasteiger partial charge in [-0.25, -0.2) is 0 Å². The first-order chi connectivity index (χ1) is 9.28. The maximum Gasteiger partial charge on any atom is 0.247 e. The molecule has 0 aliphatic heterocycles. The Balaban J connectivity index is 2.05. The first-order valence-electron chi connectivity index (χ1n) is 6.04. The largest absolute Gasteiger partial charge is 0.323 e. The molecular weight excluding hydrogens is 234 g/mol. The van der Waals surface area contributed by atoms with Crippen LogP contribution in [0, 0.1) is 0 Å². The van der Waals surface area contributed by atoms with E-state index in [1.54, 1.807) is 0 Å². The Morgan fingerprint density at radius 2 is 1.47 bits per heavy atom. The van der Waals surface area contributed by atoms with Crippen LogP contribution >= 0.6 is 0 Å². The zero-order valence-electron chi connectivity index (χ0n) is 10.5. The molecule has 2 aromatic rings. The number of amides is 1. The van der Waals surface area contributed by atoms with E-state index in [4.69, 9.17) is 0 Å². The Hall–Kier alpha value is -2.61. The minimum Gasteiger partial charge on any atom is -0.323 e. The second-order valence-corrected chi connectivity index (χ2v) is 4.06. The van der Waals surface area contributed by atoms with Crippen molar-refractivity contribution in [1.82, 2.24) is 0 Å². The summed E-state index contributed by atoms with van der Waals surface area (Å²) in [5, 5.41) is 2.71. The van der Waals surface area contributed by atoms with E-state index in [-0.39, 0.29) is 5.91 Å². The van der Waals surface area contributed by atoms with Crippen molar-refractivity contribution in [2.45, 2.75) is 0 Å². The third-order valence-corrected chi connectivity index (χ3v) is 2.63.